The molecule has 1 nitrogen and oxygen atoms in total. The maximum absolute atomic E-state index is 2.45. The monoisotopic (exact) mass is 727 g/mol. The van der Waals surface area contributed by atoms with E-state index in [-0.39, 0.29) is 0 Å². The van der Waals surface area contributed by atoms with Crippen LogP contribution in [0.4, 0.5) is 17.1 Å². The van der Waals surface area contributed by atoms with E-state index < -0.39 is 0 Å². The second kappa shape index (κ2) is 14.5. The normalized spacial score (nSPS) is 11.3. The Labute approximate surface area is 334 Å². The van der Waals surface area contributed by atoms with E-state index in [1.54, 1.807) is 0 Å². The van der Waals surface area contributed by atoms with E-state index in [0.29, 0.717) is 0 Å². The standard InChI is InChI=1S/C56H41N/c1-38-22-30-45(31-23-38)57(46-32-24-39(2)25-33-46)47-34-35-50-53(36-47)48-20-12-13-21-49(48)55-52(43-28-26-41(27-29-43)40-14-6-3-7-15-40)37-51(42-16-8-4-9-17-42)54(56(50)55)44-18-10-5-11-19-44/h3-37H,1-2H3. The van der Waals surface area contributed by atoms with Crippen LogP contribution in [-0.2, 0) is 0 Å². The molecule has 0 heterocycles. The number of anilines is 3. The fourth-order valence-corrected chi connectivity index (χ4v) is 8.57. The Morgan fingerprint density at radius 1 is 0.281 bits per heavy atom. The number of nitrogens with zero attached hydrogens (tertiary/aromatic N) is 1. The number of benzene rings is 10. The molecule has 0 aliphatic heterocycles. The number of hydrogen-bond donors (Lipinski definition) is 0. The smallest absolute Gasteiger partial charge is 0.0468 e. The van der Waals surface area contributed by atoms with Gasteiger partial charge in [-0.15, -0.1) is 0 Å². The molecule has 10 rings (SSSR count). The lowest BCUT2D eigenvalue weighted by atomic mass is 9.81. The molecule has 0 aliphatic carbocycles. The molecule has 0 N–H and O–H groups in total. The van der Waals surface area contributed by atoms with Gasteiger partial charge in [0.1, 0.15) is 0 Å². The number of rotatable bonds is 7. The molecular weight excluding hydrogens is 687 g/mol. The van der Waals surface area contributed by atoms with Gasteiger partial charge in [0.2, 0.25) is 0 Å². The molecule has 10 aromatic rings. The van der Waals surface area contributed by atoms with Gasteiger partial charge >= 0.3 is 0 Å². The van der Waals surface area contributed by atoms with Crippen LogP contribution in [0.3, 0.4) is 0 Å². The second-order valence-corrected chi connectivity index (χ2v) is 15.1. The third-order valence-corrected chi connectivity index (χ3v) is 11.4. The summed E-state index contributed by atoms with van der Waals surface area (Å²) in [6.45, 7) is 4.29. The van der Waals surface area contributed by atoms with E-state index in [4.69, 9.17) is 0 Å². The van der Waals surface area contributed by atoms with E-state index in [0.717, 1.165) is 17.1 Å². The second-order valence-electron chi connectivity index (χ2n) is 15.1. The van der Waals surface area contributed by atoms with Crippen molar-refractivity contribution in [3.8, 4) is 44.5 Å². The maximum Gasteiger partial charge on any atom is 0.0468 e. The summed E-state index contributed by atoms with van der Waals surface area (Å²) >= 11 is 0. The molecule has 0 unspecified atom stereocenters. The van der Waals surface area contributed by atoms with Gasteiger partial charge in [-0.3, -0.25) is 0 Å². The van der Waals surface area contributed by atoms with Gasteiger partial charge in [0.25, 0.3) is 0 Å². The summed E-state index contributed by atoms with van der Waals surface area (Å²) in [7, 11) is 0. The molecule has 270 valence electrons. The van der Waals surface area contributed by atoms with Crippen molar-refractivity contribution in [2.75, 3.05) is 4.90 Å². The highest BCUT2D eigenvalue weighted by molar-refractivity contribution is 6.33. The van der Waals surface area contributed by atoms with Crippen molar-refractivity contribution in [1.82, 2.24) is 0 Å². The van der Waals surface area contributed by atoms with E-state index in [1.165, 1.54) is 88.0 Å². The lowest BCUT2D eigenvalue weighted by Gasteiger charge is -2.27. The highest BCUT2D eigenvalue weighted by Gasteiger charge is 2.23. The lowest BCUT2D eigenvalue weighted by Crippen LogP contribution is -2.10. The molecule has 0 spiro atoms. The molecular formula is C56H41N. The van der Waals surface area contributed by atoms with Gasteiger partial charge in [-0.05, 0) is 133 Å². The van der Waals surface area contributed by atoms with E-state index in [1.807, 2.05) is 0 Å². The zero-order valence-electron chi connectivity index (χ0n) is 32.2. The molecule has 0 bridgehead atoms. The van der Waals surface area contributed by atoms with Crippen LogP contribution < -0.4 is 4.90 Å². The molecule has 0 saturated heterocycles. The zero-order chi connectivity index (χ0) is 38.3. The minimum Gasteiger partial charge on any atom is -0.310 e. The van der Waals surface area contributed by atoms with Gasteiger partial charge in [0, 0.05) is 17.1 Å². The first-order valence-electron chi connectivity index (χ1n) is 19.8. The molecule has 0 fully saturated rings. The van der Waals surface area contributed by atoms with Crippen LogP contribution in [0.25, 0.3) is 76.8 Å². The molecule has 0 radical (unpaired) electrons. The average molecular weight is 728 g/mol. The van der Waals surface area contributed by atoms with Crippen molar-refractivity contribution < 1.29 is 0 Å². The van der Waals surface area contributed by atoms with Crippen molar-refractivity contribution in [1.29, 1.82) is 0 Å². The fourth-order valence-electron chi connectivity index (χ4n) is 8.57. The van der Waals surface area contributed by atoms with Crippen LogP contribution in [-0.4, -0.2) is 0 Å². The Kier molecular flexibility index (Phi) is 8.69. The molecule has 0 saturated carbocycles. The molecule has 0 amide bonds. The summed E-state index contributed by atoms with van der Waals surface area (Å²) in [5, 5.41) is 7.48. The first-order valence-corrected chi connectivity index (χ1v) is 19.8. The van der Waals surface area contributed by atoms with Crippen molar-refractivity contribution in [2.24, 2.45) is 0 Å². The van der Waals surface area contributed by atoms with Crippen molar-refractivity contribution >= 4 is 49.4 Å². The summed E-state index contributed by atoms with van der Waals surface area (Å²) in [5.41, 5.74) is 15.6. The molecule has 10 aromatic carbocycles. The Hall–Kier alpha value is -7.22. The first kappa shape index (κ1) is 34.3. The van der Waals surface area contributed by atoms with E-state index in [2.05, 4.69) is 231 Å². The van der Waals surface area contributed by atoms with Crippen molar-refractivity contribution in [3.05, 3.63) is 223 Å². The van der Waals surface area contributed by atoms with E-state index in [9.17, 15) is 0 Å². The lowest BCUT2D eigenvalue weighted by molar-refractivity contribution is 1.27. The Bertz CT molecular complexity index is 2980. The van der Waals surface area contributed by atoms with Crippen LogP contribution >= 0.6 is 0 Å². The zero-order valence-corrected chi connectivity index (χ0v) is 32.2. The number of fused-ring (bicyclic) bond motifs is 6. The Morgan fingerprint density at radius 3 is 1.32 bits per heavy atom. The van der Waals surface area contributed by atoms with E-state index >= 15 is 0 Å². The van der Waals surface area contributed by atoms with Gasteiger partial charge < -0.3 is 4.90 Å². The van der Waals surface area contributed by atoms with Gasteiger partial charge in [-0.1, -0.05) is 181 Å². The summed E-state index contributed by atoms with van der Waals surface area (Å²) in [4.78, 5) is 2.38. The van der Waals surface area contributed by atoms with Gasteiger partial charge in [-0.2, -0.15) is 0 Å². The maximum atomic E-state index is 2.45. The van der Waals surface area contributed by atoms with Gasteiger partial charge in [-0.25, -0.2) is 0 Å². The minimum atomic E-state index is 1.12. The fraction of sp³-hybridized carbons (Fsp3) is 0.0357. The predicted molar refractivity (Wildman–Crippen MR) is 245 cm³/mol. The highest BCUT2D eigenvalue weighted by Crippen LogP contribution is 2.50. The summed E-state index contributed by atoms with van der Waals surface area (Å²) in [6.07, 6.45) is 0. The van der Waals surface area contributed by atoms with Crippen molar-refractivity contribution in [3.63, 3.8) is 0 Å². The number of hydrogen-bond acceptors (Lipinski definition) is 1. The molecule has 57 heavy (non-hydrogen) atoms. The first-order chi connectivity index (χ1) is 28.1. The van der Waals surface area contributed by atoms with Crippen molar-refractivity contribution in [2.45, 2.75) is 13.8 Å². The Balaban J connectivity index is 1.33. The minimum absolute atomic E-state index is 1.12. The SMILES string of the molecule is Cc1ccc(N(c2ccc(C)cc2)c2ccc3c(c2)c2ccccc2c2c(-c4ccc(-c5ccccc5)cc4)cc(-c4ccccc4)c(-c4ccccc4)c32)cc1. The molecule has 0 aliphatic rings. The summed E-state index contributed by atoms with van der Waals surface area (Å²) < 4.78 is 0. The van der Waals surface area contributed by atoms with Crippen LogP contribution in [0.1, 0.15) is 11.1 Å². The summed E-state index contributed by atoms with van der Waals surface area (Å²) in [5.74, 6) is 0. The van der Waals surface area contributed by atoms with Crippen LogP contribution in [0.15, 0.2) is 212 Å². The molecule has 0 atom stereocenters. The topological polar surface area (TPSA) is 3.24 Å². The van der Waals surface area contributed by atoms with Gasteiger partial charge in [0.05, 0.1) is 0 Å². The third kappa shape index (κ3) is 6.24. The predicted octanol–water partition coefficient (Wildman–Crippen LogP) is 15.9. The highest BCUT2D eigenvalue weighted by atomic mass is 15.1. The number of aryl methyl sites for hydroxylation is 2. The van der Waals surface area contributed by atoms with Crippen LogP contribution in [0, 0.1) is 13.8 Å². The quantitative estimate of drug-likeness (QED) is 0.148. The third-order valence-electron chi connectivity index (χ3n) is 11.4. The van der Waals surface area contributed by atoms with Crippen LogP contribution in [0.2, 0.25) is 0 Å². The largest absolute Gasteiger partial charge is 0.310 e. The Morgan fingerprint density at radius 2 is 0.719 bits per heavy atom. The molecule has 1 heteroatoms. The van der Waals surface area contributed by atoms with Crippen LogP contribution in [0.5, 0.6) is 0 Å². The summed E-state index contributed by atoms with van der Waals surface area (Å²) in [6, 6.07) is 77.9. The molecule has 0 aromatic heterocycles. The average Bonchev–Trinajstić information content (AvgIpc) is 3.28. The van der Waals surface area contributed by atoms with Gasteiger partial charge in [0.15, 0.2) is 0 Å².